The Morgan fingerprint density at radius 2 is 1.59 bits per heavy atom. The Labute approximate surface area is 191 Å². The third-order valence-corrected chi connectivity index (χ3v) is 10.3. The van der Waals surface area contributed by atoms with E-state index in [9.17, 15) is 21.6 Å². The van der Waals surface area contributed by atoms with Crippen LogP contribution in [0.15, 0.2) is 34.1 Å². The first-order valence-electron chi connectivity index (χ1n) is 11.3. The lowest BCUT2D eigenvalue weighted by Crippen LogP contribution is -2.60. The van der Waals surface area contributed by atoms with Gasteiger partial charge in [0, 0.05) is 39.3 Å². The van der Waals surface area contributed by atoms with Crippen molar-refractivity contribution >= 4 is 26.0 Å². The van der Waals surface area contributed by atoms with E-state index in [2.05, 4.69) is 17.1 Å². The second-order valence-corrected chi connectivity index (χ2v) is 12.2. The molecule has 3 rings (SSSR count). The van der Waals surface area contributed by atoms with Gasteiger partial charge in [-0.25, -0.2) is 16.8 Å². The smallest absolute Gasteiger partial charge is 0.243 e. The quantitative estimate of drug-likeness (QED) is 0.557. The van der Waals surface area contributed by atoms with Crippen LogP contribution in [0.2, 0.25) is 0 Å². The summed E-state index contributed by atoms with van der Waals surface area (Å²) >= 11 is 0. The summed E-state index contributed by atoms with van der Waals surface area (Å²) in [4.78, 5) is 15.0. The molecular formula is C21H34N4O5S2. The summed E-state index contributed by atoms with van der Waals surface area (Å²) in [7, 11) is -7.47. The second-order valence-electron chi connectivity index (χ2n) is 8.32. The molecule has 1 aromatic rings. The van der Waals surface area contributed by atoms with Gasteiger partial charge in [0.25, 0.3) is 0 Å². The maximum atomic E-state index is 13.2. The Hall–Kier alpha value is -1.53. The number of likely N-dealkylation sites (tertiary alicyclic amines) is 1. The summed E-state index contributed by atoms with van der Waals surface area (Å²) in [5.41, 5.74) is 0. The summed E-state index contributed by atoms with van der Waals surface area (Å²) in [6, 6.07) is 5.48. The van der Waals surface area contributed by atoms with Crippen molar-refractivity contribution in [1.29, 1.82) is 0 Å². The fourth-order valence-corrected chi connectivity index (χ4v) is 7.24. The predicted octanol–water partition coefficient (Wildman–Crippen LogP) is 0.938. The fourth-order valence-electron chi connectivity index (χ4n) is 4.26. The van der Waals surface area contributed by atoms with E-state index < -0.39 is 20.0 Å². The molecule has 1 atom stereocenters. The van der Waals surface area contributed by atoms with E-state index >= 15 is 0 Å². The number of carbonyl (C=O) groups excluding carboxylic acids is 1. The van der Waals surface area contributed by atoms with Crippen molar-refractivity contribution in [2.45, 2.75) is 49.4 Å². The van der Waals surface area contributed by atoms with Crippen LogP contribution in [0.5, 0.6) is 0 Å². The van der Waals surface area contributed by atoms with Crippen LogP contribution in [0.3, 0.4) is 0 Å². The monoisotopic (exact) mass is 486 g/mol. The number of hydrogen-bond donors (Lipinski definition) is 1. The number of hydrogen-bond acceptors (Lipinski definition) is 6. The first kappa shape index (κ1) is 25.1. The van der Waals surface area contributed by atoms with Crippen molar-refractivity contribution in [3.05, 3.63) is 24.3 Å². The molecule has 1 amide bonds. The summed E-state index contributed by atoms with van der Waals surface area (Å²) in [5.74, 6) is -0.470. The van der Waals surface area contributed by atoms with Gasteiger partial charge in [-0.1, -0.05) is 20.8 Å². The number of rotatable bonds is 9. The van der Waals surface area contributed by atoms with Crippen molar-refractivity contribution in [2.24, 2.45) is 5.92 Å². The van der Waals surface area contributed by atoms with E-state index in [0.29, 0.717) is 32.5 Å². The Balaban J connectivity index is 1.68. The molecule has 1 aromatic carbocycles. The number of carbonyl (C=O) groups is 1. The molecule has 0 spiro atoms. The lowest BCUT2D eigenvalue weighted by atomic mass is 9.97. The number of sulfonamides is 2. The highest BCUT2D eigenvalue weighted by molar-refractivity contribution is 7.89. The van der Waals surface area contributed by atoms with Gasteiger partial charge in [0.05, 0.1) is 21.8 Å². The van der Waals surface area contributed by atoms with Crippen LogP contribution >= 0.6 is 0 Å². The second kappa shape index (κ2) is 10.2. The van der Waals surface area contributed by atoms with Gasteiger partial charge in [-0.3, -0.25) is 9.69 Å². The Morgan fingerprint density at radius 3 is 2.16 bits per heavy atom. The number of amides is 1. The van der Waals surface area contributed by atoms with Gasteiger partial charge in [0.15, 0.2) is 0 Å². The Kier molecular flexibility index (Phi) is 7.97. The minimum absolute atomic E-state index is 0.0367. The average Bonchev–Trinajstić information content (AvgIpc) is 2.76. The topological polar surface area (TPSA) is 107 Å². The zero-order valence-corrected chi connectivity index (χ0v) is 20.7. The summed E-state index contributed by atoms with van der Waals surface area (Å²) in [6.45, 7) is 9.38. The van der Waals surface area contributed by atoms with E-state index in [4.69, 9.17) is 0 Å². The molecule has 0 aromatic heterocycles. The van der Waals surface area contributed by atoms with E-state index in [-0.39, 0.29) is 34.2 Å². The third-order valence-electron chi connectivity index (χ3n) is 6.31. The molecule has 9 nitrogen and oxygen atoms in total. The average molecular weight is 487 g/mol. The number of nitrogens with zero attached hydrogens (tertiary/aromatic N) is 3. The lowest BCUT2D eigenvalue weighted by Gasteiger charge is -2.40. The molecule has 11 heteroatoms. The predicted molar refractivity (Wildman–Crippen MR) is 122 cm³/mol. The van der Waals surface area contributed by atoms with Gasteiger partial charge in [-0.2, -0.15) is 8.61 Å². The highest BCUT2D eigenvalue weighted by atomic mass is 32.2. The van der Waals surface area contributed by atoms with Gasteiger partial charge in [-0.05, 0) is 43.7 Å². The fraction of sp³-hybridized carbons (Fsp3) is 0.667. The van der Waals surface area contributed by atoms with Crippen LogP contribution in [-0.4, -0.2) is 88.1 Å². The molecule has 1 N–H and O–H groups in total. The molecule has 32 heavy (non-hydrogen) atoms. The van der Waals surface area contributed by atoms with Gasteiger partial charge >= 0.3 is 0 Å². The van der Waals surface area contributed by atoms with Crippen molar-refractivity contribution in [2.75, 3.05) is 45.8 Å². The molecule has 2 saturated heterocycles. The van der Waals surface area contributed by atoms with Crippen molar-refractivity contribution < 1.29 is 21.6 Å². The van der Waals surface area contributed by atoms with Crippen LogP contribution in [0.25, 0.3) is 0 Å². The van der Waals surface area contributed by atoms with Crippen molar-refractivity contribution in [3.63, 3.8) is 0 Å². The molecule has 2 aliphatic rings. The van der Waals surface area contributed by atoms with Crippen molar-refractivity contribution in [3.8, 4) is 0 Å². The summed E-state index contributed by atoms with van der Waals surface area (Å²) in [6.07, 6.45) is 1.26. The van der Waals surface area contributed by atoms with E-state index in [1.54, 1.807) is 13.8 Å². The number of nitrogens with one attached hydrogen (secondary N) is 1. The largest absolute Gasteiger partial charge is 0.351 e. The number of piperidine rings is 1. The van der Waals surface area contributed by atoms with Crippen molar-refractivity contribution in [1.82, 2.24) is 18.8 Å². The van der Waals surface area contributed by atoms with Crippen LogP contribution in [0.4, 0.5) is 0 Å². The first-order valence-corrected chi connectivity index (χ1v) is 14.1. The highest BCUT2D eigenvalue weighted by Crippen LogP contribution is 2.26. The normalized spacial score (nSPS) is 21.4. The summed E-state index contributed by atoms with van der Waals surface area (Å²) < 4.78 is 54.3. The van der Waals surface area contributed by atoms with Crippen LogP contribution in [0, 0.1) is 5.92 Å². The molecule has 2 aliphatic heterocycles. The standard InChI is InChI=1S/C21H34N4O5S2/c1-4-23-15-18(16-23)22-21(26)17-8-7-13-25(14-17)32(29,30)20-11-9-19(10-12-20)31(27,28)24(5-2)6-3/h9-12,17-18H,4-8,13-16H2,1-3H3,(H,22,26). The van der Waals surface area contributed by atoms with E-state index in [1.165, 1.54) is 32.9 Å². The Bertz CT molecular complexity index is 1000. The molecule has 2 fully saturated rings. The lowest BCUT2D eigenvalue weighted by molar-refractivity contribution is -0.128. The molecule has 1 unspecified atom stereocenters. The zero-order chi connectivity index (χ0) is 23.5. The van der Waals surface area contributed by atoms with Gasteiger partial charge < -0.3 is 5.32 Å². The highest BCUT2D eigenvalue weighted by Gasteiger charge is 2.35. The van der Waals surface area contributed by atoms with Gasteiger partial charge in [-0.15, -0.1) is 0 Å². The van der Waals surface area contributed by atoms with Crippen LogP contribution in [0.1, 0.15) is 33.6 Å². The molecule has 0 saturated carbocycles. The Morgan fingerprint density at radius 1 is 1.00 bits per heavy atom. The SMILES string of the molecule is CCN1CC(NC(=O)C2CCCN(S(=O)(=O)c3ccc(S(=O)(=O)N(CC)CC)cc3)C2)C1. The molecule has 0 aliphatic carbocycles. The van der Waals surface area contributed by atoms with Crippen LogP contribution < -0.4 is 5.32 Å². The minimum Gasteiger partial charge on any atom is -0.351 e. The zero-order valence-electron chi connectivity index (χ0n) is 19.0. The molecular weight excluding hydrogens is 452 g/mol. The van der Waals surface area contributed by atoms with E-state index in [0.717, 1.165) is 19.6 Å². The van der Waals surface area contributed by atoms with E-state index in [1.807, 2.05) is 0 Å². The maximum absolute atomic E-state index is 13.2. The molecule has 2 heterocycles. The maximum Gasteiger partial charge on any atom is 0.243 e. The molecule has 0 radical (unpaired) electrons. The number of likely N-dealkylation sites (N-methyl/N-ethyl adjacent to an activating group) is 1. The first-order chi connectivity index (χ1) is 15.1. The van der Waals surface area contributed by atoms with Crippen LogP contribution in [-0.2, 0) is 24.8 Å². The van der Waals surface area contributed by atoms with Gasteiger partial charge in [0.1, 0.15) is 0 Å². The third kappa shape index (κ3) is 5.17. The number of benzene rings is 1. The summed E-state index contributed by atoms with van der Waals surface area (Å²) in [5, 5.41) is 3.03. The molecule has 180 valence electrons. The van der Waals surface area contributed by atoms with Gasteiger partial charge in [0.2, 0.25) is 26.0 Å². The molecule has 0 bridgehead atoms. The minimum atomic E-state index is -3.82.